The Balaban J connectivity index is 1.86. The number of hydrogen-bond donors (Lipinski definition) is 1. The van der Waals surface area contributed by atoms with Crippen molar-refractivity contribution in [3.05, 3.63) is 30.4 Å². The van der Waals surface area contributed by atoms with E-state index in [1.165, 1.54) is 83.5 Å². The molecule has 3 heteroatoms. The second-order valence-corrected chi connectivity index (χ2v) is 7.11. The summed E-state index contributed by atoms with van der Waals surface area (Å²) >= 11 is 0. The zero-order chi connectivity index (χ0) is 18.0. The Morgan fingerprint density at radius 1 is 0.880 bits per heavy atom. The second kappa shape index (κ2) is 16.4. The van der Waals surface area contributed by atoms with Gasteiger partial charge in [0, 0.05) is 25.4 Å². The number of allylic oxidation sites excluding steroid dienone is 2. The summed E-state index contributed by atoms with van der Waals surface area (Å²) in [7, 11) is 0. The van der Waals surface area contributed by atoms with Gasteiger partial charge in [0.15, 0.2) is 0 Å². The fourth-order valence-electron chi connectivity index (χ4n) is 3.25. The molecule has 0 saturated carbocycles. The maximum absolute atomic E-state index is 9.00. The Labute approximate surface area is 155 Å². The van der Waals surface area contributed by atoms with Crippen molar-refractivity contribution in [3.8, 4) is 0 Å². The van der Waals surface area contributed by atoms with E-state index in [1.54, 1.807) is 0 Å². The summed E-state index contributed by atoms with van der Waals surface area (Å²) in [5.74, 6) is 1.04. The van der Waals surface area contributed by atoms with E-state index in [0.29, 0.717) is 6.54 Å². The third-order valence-electron chi connectivity index (χ3n) is 4.83. The number of aliphatic hydroxyl groups is 1. The Bertz CT molecular complexity index is 425. The molecular weight excluding hydrogens is 308 g/mol. The summed E-state index contributed by atoms with van der Waals surface area (Å²) in [6, 6.07) is 0. The van der Waals surface area contributed by atoms with Gasteiger partial charge in [0.2, 0.25) is 0 Å². The number of aliphatic hydroxyl groups excluding tert-OH is 1. The number of aromatic nitrogens is 2. The first-order valence-electron chi connectivity index (χ1n) is 10.6. The lowest BCUT2D eigenvalue weighted by Gasteiger charge is -2.03. The molecule has 1 aromatic heterocycles. The zero-order valence-electron chi connectivity index (χ0n) is 16.5. The normalized spacial score (nSPS) is 11.6. The molecule has 0 unspecified atom stereocenters. The highest BCUT2D eigenvalue weighted by Gasteiger charge is 1.99. The van der Waals surface area contributed by atoms with Crippen LogP contribution in [0.5, 0.6) is 0 Å². The van der Waals surface area contributed by atoms with Crippen molar-refractivity contribution in [2.45, 2.75) is 103 Å². The molecule has 1 N–H and O–H groups in total. The fraction of sp³-hybridized carbons (Fsp3) is 0.773. The third-order valence-corrected chi connectivity index (χ3v) is 4.83. The van der Waals surface area contributed by atoms with E-state index in [1.807, 2.05) is 17.0 Å². The molecule has 0 aliphatic rings. The van der Waals surface area contributed by atoms with Gasteiger partial charge in [-0.2, -0.15) is 0 Å². The molecule has 0 radical (unpaired) electrons. The molecule has 0 atom stereocenters. The lowest BCUT2D eigenvalue weighted by atomic mass is 10.0. The molecule has 0 aliphatic heterocycles. The summed E-state index contributed by atoms with van der Waals surface area (Å²) in [6.07, 6.45) is 27.2. The smallest absolute Gasteiger partial charge is 0.112 e. The van der Waals surface area contributed by atoms with Gasteiger partial charge < -0.3 is 9.67 Å². The van der Waals surface area contributed by atoms with Gasteiger partial charge in [-0.1, -0.05) is 89.7 Å². The first-order chi connectivity index (χ1) is 12.4. The van der Waals surface area contributed by atoms with Gasteiger partial charge in [0.25, 0.3) is 0 Å². The SMILES string of the molecule is CCCCCCCCCCCCCCC=CCc1nccn1CCO. The van der Waals surface area contributed by atoms with Crippen LogP contribution >= 0.6 is 0 Å². The molecule has 0 bridgehead atoms. The number of hydrogen-bond acceptors (Lipinski definition) is 2. The van der Waals surface area contributed by atoms with Crippen LogP contribution in [0.1, 0.15) is 96.2 Å². The van der Waals surface area contributed by atoms with Gasteiger partial charge in [-0.3, -0.25) is 0 Å². The summed E-state index contributed by atoms with van der Waals surface area (Å²) in [5.41, 5.74) is 0. The maximum Gasteiger partial charge on any atom is 0.112 e. The van der Waals surface area contributed by atoms with Crippen LogP contribution in [-0.2, 0) is 13.0 Å². The lowest BCUT2D eigenvalue weighted by Crippen LogP contribution is -2.05. The highest BCUT2D eigenvalue weighted by Crippen LogP contribution is 2.12. The molecule has 1 aromatic rings. The molecule has 0 aliphatic carbocycles. The molecule has 0 spiro atoms. The zero-order valence-corrected chi connectivity index (χ0v) is 16.5. The van der Waals surface area contributed by atoms with Crippen molar-refractivity contribution in [1.29, 1.82) is 0 Å². The molecule has 1 heterocycles. The van der Waals surface area contributed by atoms with Crippen LogP contribution in [0.25, 0.3) is 0 Å². The van der Waals surface area contributed by atoms with E-state index in [4.69, 9.17) is 5.11 Å². The first-order valence-corrected chi connectivity index (χ1v) is 10.6. The van der Waals surface area contributed by atoms with Crippen molar-refractivity contribution >= 4 is 0 Å². The minimum absolute atomic E-state index is 0.173. The monoisotopic (exact) mass is 348 g/mol. The average molecular weight is 349 g/mol. The Morgan fingerprint density at radius 3 is 2.08 bits per heavy atom. The Morgan fingerprint density at radius 2 is 1.48 bits per heavy atom. The number of nitrogens with zero attached hydrogens (tertiary/aromatic N) is 2. The quantitative estimate of drug-likeness (QED) is 0.274. The van der Waals surface area contributed by atoms with Gasteiger partial charge >= 0.3 is 0 Å². The standard InChI is InChI=1S/C22H40N2O/c1-2-3-4-5-6-7-8-9-10-11-12-13-14-15-16-17-22-23-18-19-24(22)20-21-25/h15-16,18-19,25H,2-14,17,20-21H2,1H3. The Kier molecular flexibility index (Phi) is 14.4. The van der Waals surface area contributed by atoms with Gasteiger partial charge in [-0.05, 0) is 12.8 Å². The summed E-state index contributed by atoms with van der Waals surface area (Å²) in [6.45, 7) is 3.10. The van der Waals surface area contributed by atoms with E-state index >= 15 is 0 Å². The van der Waals surface area contributed by atoms with Gasteiger partial charge in [0.1, 0.15) is 5.82 Å². The van der Waals surface area contributed by atoms with Crippen LogP contribution < -0.4 is 0 Å². The summed E-state index contributed by atoms with van der Waals surface area (Å²) < 4.78 is 2.02. The maximum atomic E-state index is 9.00. The van der Waals surface area contributed by atoms with Gasteiger partial charge in [0.05, 0.1) is 6.61 Å². The minimum Gasteiger partial charge on any atom is -0.395 e. The highest BCUT2D eigenvalue weighted by molar-refractivity contribution is 4.99. The molecule has 144 valence electrons. The van der Waals surface area contributed by atoms with Crippen molar-refractivity contribution in [1.82, 2.24) is 9.55 Å². The number of rotatable bonds is 17. The number of imidazole rings is 1. The average Bonchev–Trinajstić information content (AvgIpc) is 3.06. The molecule has 0 aromatic carbocycles. The van der Waals surface area contributed by atoms with E-state index in [2.05, 4.69) is 24.1 Å². The van der Waals surface area contributed by atoms with E-state index in [9.17, 15) is 0 Å². The third kappa shape index (κ3) is 12.0. The molecule has 0 fully saturated rings. The molecule has 1 rings (SSSR count). The van der Waals surface area contributed by atoms with Crippen LogP contribution in [0.15, 0.2) is 24.5 Å². The molecule has 25 heavy (non-hydrogen) atoms. The van der Waals surface area contributed by atoms with Crippen LogP contribution in [-0.4, -0.2) is 21.3 Å². The fourth-order valence-corrected chi connectivity index (χ4v) is 3.25. The highest BCUT2D eigenvalue weighted by atomic mass is 16.3. The first kappa shape index (κ1) is 22.0. The largest absolute Gasteiger partial charge is 0.395 e. The van der Waals surface area contributed by atoms with Crippen LogP contribution in [0, 0.1) is 0 Å². The van der Waals surface area contributed by atoms with Crippen molar-refractivity contribution in [2.24, 2.45) is 0 Å². The number of unbranched alkanes of at least 4 members (excludes halogenated alkanes) is 12. The van der Waals surface area contributed by atoms with E-state index < -0.39 is 0 Å². The van der Waals surface area contributed by atoms with Crippen molar-refractivity contribution in [2.75, 3.05) is 6.61 Å². The van der Waals surface area contributed by atoms with Crippen molar-refractivity contribution < 1.29 is 5.11 Å². The second-order valence-electron chi connectivity index (χ2n) is 7.11. The van der Waals surface area contributed by atoms with E-state index in [0.717, 1.165) is 12.2 Å². The molecule has 3 nitrogen and oxygen atoms in total. The van der Waals surface area contributed by atoms with E-state index in [-0.39, 0.29) is 6.61 Å². The predicted octanol–water partition coefficient (Wildman–Crippen LogP) is 6.07. The Hall–Kier alpha value is -1.09. The van der Waals surface area contributed by atoms with Gasteiger partial charge in [-0.15, -0.1) is 0 Å². The van der Waals surface area contributed by atoms with Crippen LogP contribution in [0.4, 0.5) is 0 Å². The summed E-state index contributed by atoms with van der Waals surface area (Å²) in [4.78, 5) is 4.34. The predicted molar refractivity (Wildman–Crippen MR) is 108 cm³/mol. The summed E-state index contributed by atoms with van der Waals surface area (Å²) in [5, 5.41) is 9.00. The topological polar surface area (TPSA) is 38.0 Å². The minimum atomic E-state index is 0.173. The van der Waals surface area contributed by atoms with Crippen LogP contribution in [0.2, 0.25) is 0 Å². The molecule has 0 amide bonds. The van der Waals surface area contributed by atoms with Crippen LogP contribution in [0.3, 0.4) is 0 Å². The molecular formula is C22H40N2O. The van der Waals surface area contributed by atoms with Gasteiger partial charge in [-0.25, -0.2) is 4.98 Å². The lowest BCUT2D eigenvalue weighted by molar-refractivity contribution is 0.274. The molecule has 0 saturated heterocycles. The van der Waals surface area contributed by atoms with Crippen molar-refractivity contribution in [3.63, 3.8) is 0 Å².